The molecule has 12 rings (SSSR count). The lowest BCUT2D eigenvalue weighted by Crippen LogP contribution is -2.14. The van der Waals surface area contributed by atoms with Gasteiger partial charge in [-0.3, -0.25) is 0 Å². The zero-order chi connectivity index (χ0) is 41.0. The third-order valence-corrected chi connectivity index (χ3v) is 12.5. The topological polar surface area (TPSA) is 34.0 Å². The Morgan fingerprint density at radius 2 is 0.968 bits per heavy atom. The highest BCUT2D eigenvalue weighted by molar-refractivity contribution is 6.10. The number of aromatic nitrogens is 3. The van der Waals surface area contributed by atoms with Crippen LogP contribution in [0.25, 0.3) is 83.6 Å². The van der Waals surface area contributed by atoms with Gasteiger partial charge in [0.2, 0.25) is 0 Å². The van der Waals surface area contributed by atoms with Gasteiger partial charge in [0.25, 0.3) is 0 Å². The van der Waals surface area contributed by atoms with Crippen molar-refractivity contribution in [1.82, 2.24) is 14.5 Å². The van der Waals surface area contributed by atoms with Gasteiger partial charge in [0.05, 0.1) is 28.1 Å². The Hall–Kier alpha value is -8.08. The highest BCUT2D eigenvalue weighted by Crippen LogP contribution is 2.52. The molecule has 292 valence electrons. The van der Waals surface area contributed by atoms with Crippen molar-refractivity contribution >= 4 is 33.2 Å². The predicted molar refractivity (Wildman–Crippen MR) is 257 cm³/mol. The third-order valence-electron chi connectivity index (χ3n) is 12.5. The molecule has 1 unspecified atom stereocenters. The second kappa shape index (κ2) is 14.9. The smallest absolute Gasteiger partial charge is 0.160 e. The summed E-state index contributed by atoms with van der Waals surface area (Å²) in [6.07, 6.45) is 7.81. The van der Waals surface area contributed by atoms with E-state index in [-0.39, 0.29) is 0 Å². The van der Waals surface area contributed by atoms with Gasteiger partial charge in [0, 0.05) is 50.5 Å². The van der Waals surface area contributed by atoms with Crippen molar-refractivity contribution in [3.05, 3.63) is 236 Å². The first kappa shape index (κ1) is 35.8. The molecule has 8 aromatic carbocycles. The van der Waals surface area contributed by atoms with Crippen molar-refractivity contribution in [2.24, 2.45) is 0 Å². The van der Waals surface area contributed by atoms with Gasteiger partial charge in [-0.1, -0.05) is 164 Å². The molecule has 3 heterocycles. The van der Waals surface area contributed by atoms with E-state index in [0.29, 0.717) is 11.7 Å². The number of allylic oxidation sites excluding steroid dienone is 4. The number of para-hydroxylation sites is 1. The molecule has 0 N–H and O–H groups in total. The SMILES string of the molecule is C1=CCC2C(=C1)N(c1ccc(-c3ccccc3)cc1)c1cc(-c3ccc4c(c3)c3ccccc3n4-c3ccc(-c4cc(-c5ccccc5)nc(-c5ccccc5)n4)cc3)ccc12. The third kappa shape index (κ3) is 6.15. The summed E-state index contributed by atoms with van der Waals surface area (Å²) in [6.45, 7) is 0. The summed E-state index contributed by atoms with van der Waals surface area (Å²) in [7, 11) is 0. The number of anilines is 2. The Morgan fingerprint density at radius 1 is 0.419 bits per heavy atom. The second-order valence-corrected chi connectivity index (χ2v) is 16.2. The van der Waals surface area contributed by atoms with Crippen LogP contribution in [0.2, 0.25) is 0 Å². The van der Waals surface area contributed by atoms with Crippen molar-refractivity contribution < 1.29 is 0 Å². The molecule has 1 aliphatic carbocycles. The summed E-state index contributed by atoms with van der Waals surface area (Å²) < 4.78 is 2.39. The molecule has 4 nitrogen and oxygen atoms in total. The van der Waals surface area contributed by atoms with Crippen LogP contribution in [0.1, 0.15) is 17.9 Å². The van der Waals surface area contributed by atoms with Crippen LogP contribution < -0.4 is 4.90 Å². The first-order chi connectivity index (χ1) is 30.7. The zero-order valence-corrected chi connectivity index (χ0v) is 33.9. The van der Waals surface area contributed by atoms with Crippen LogP contribution in [0, 0.1) is 0 Å². The number of nitrogens with zero attached hydrogens (tertiary/aromatic N) is 4. The highest BCUT2D eigenvalue weighted by Gasteiger charge is 2.35. The van der Waals surface area contributed by atoms with Crippen LogP contribution in [-0.2, 0) is 0 Å². The molecule has 0 saturated heterocycles. The Morgan fingerprint density at radius 3 is 1.71 bits per heavy atom. The van der Waals surface area contributed by atoms with Gasteiger partial charge in [-0.05, 0) is 94.9 Å². The summed E-state index contributed by atoms with van der Waals surface area (Å²) in [6, 6.07) is 73.9. The van der Waals surface area contributed by atoms with E-state index in [0.717, 1.165) is 40.2 Å². The van der Waals surface area contributed by atoms with Gasteiger partial charge in [-0.15, -0.1) is 0 Å². The quantitative estimate of drug-likeness (QED) is 0.161. The molecular formula is C58H40N4. The maximum atomic E-state index is 5.08. The predicted octanol–water partition coefficient (Wildman–Crippen LogP) is 15.0. The lowest BCUT2D eigenvalue weighted by Gasteiger charge is -2.25. The van der Waals surface area contributed by atoms with Crippen LogP contribution >= 0.6 is 0 Å². The standard InChI is InChI=1S/C58H40N4/c1-4-14-39(15-5-1)40-24-30-47(31-25-40)62-54-22-12-10-20-48(54)50-34-28-45(37-57(50)62)44-29-35-56-51(36-44)49-21-11-13-23-55(49)61(56)46-32-26-42(27-33-46)53-38-52(41-16-6-2-7-17-41)59-58(60-53)43-18-8-3-9-19-43/h1-19,21-38,48H,20H2. The molecule has 62 heavy (non-hydrogen) atoms. The highest BCUT2D eigenvalue weighted by atomic mass is 15.2. The van der Waals surface area contributed by atoms with Crippen LogP contribution in [0.4, 0.5) is 11.4 Å². The molecule has 10 aromatic rings. The van der Waals surface area contributed by atoms with Gasteiger partial charge >= 0.3 is 0 Å². The number of rotatable bonds is 7. The van der Waals surface area contributed by atoms with Crippen molar-refractivity contribution in [3.8, 4) is 61.8 Å². The minimum absolute atomic E-state index is 0.343. The van der Waals surface area contributed by atoms with Crippen molar-refractivity contribution in [2.75, 3.05) is 4.90 Å². The maximum Gasteiger partial charge on any atom is 0.160 e. The molecule has 0 amide bonds. The van der Waals surface area contributed by atoms with E-state index < -0.39 is 0 Å². The van der Waals surface area contributed by atoms with E-state index in [2.05, 4.69) is 210 Å². The second-order valence-electron chi connectivity index (χ2n) is 16.2. The van der Waals surface area contributed by atoms with E-state index in [4.69, 9.17) is 9.97 Å². The summed E-state index contributed by atoms with van der Waals surface area (Å²) >= 11 is 0. The Bertz CT molecular complexity index is 3290. The average molecular weight is 793 g/mol. The number of hydrogen-bond acceptors (Lipinski definition) is 3. The first-order valence-corrected chi connectivity index (χ1v) is 21.3. The van der Waals surface area contributed by atoms with Gasteiger partial charge in [0.1, 0.15) is 0 Å². The average Bonchev–Trinajstić information content (AvgIpc) is 3.87. The molecule has 2 aliphatic rings. The molecule has 0 saturated carbocycles. The molecule has 2 aromatic heterocycles. The Kier molecular flexibility index (Phi) is 8.60. The lowest BCUT2D eigenvalue weighted by molar-refractivity contribution is 0.819. The first-order valence-electron chi connectivity index (χ1n) is 21.3. The maximum absolute atomic E-state index is 5.08. The van der Waals surface area contributed by atoms with E-state index in [9.17, 15) is 0 Å². The van der Waals surface area contributed by atoms with E-state index in [1.54, 1.807) is 0 Å². The van der Waals surface area contributed by atoms with Crippen LogP contribution in [0.5, 0.6) is 0 Å². The molecule has 1 atom stereocenters. The fraction of sp³-hybridized carbons (Fsp3) is 0.0345. The molecule has 4 heteroatoms. The van der Waals surface area contributed by atoms with Crippen LogP contribution in [0.3, 0.4) is 0 Å². The van der Waals surface area contributed by atoms with Gasteiger partial charge < -0.3 is 9.47 Å². The monoisotopic (exact) mass is 792 g/mol. The summed E-state index contributed by atoms with van der Waals surface area (Å²) in [4.78, 5) is 12.6. The van der Waals surface area contributed by atoms with E-state index in [1.807, 2.05) is 24.3 Å². The fourth-order valence-corrected chi connectivity index (χ4v) is 9.49. The van der Waals surface area contributed by atoms with Crippen LogP contribution in [-0.4, -0.2) is 14.5 Å². The lowest BCUT2D eigenvalue weighted by atomic mass is 9.91. The van der Waals surface area contributed by atoms with Crippen molar-refractivity contribution in [3.63, 3.8) is 0 Å². The summed E-state index contributed by atoms with van der Waals surface area (Å²) in [5, 5.41) is 2.46. The largest absolute Gasteiger partial charge is 0.313 e. The summed E-state index contributed by atoms with van der Waals surface area (Å²) in [5.41, 5.74) is 18.4. The minimum Gasteiger partial charge on any atom is -0.313 e. The Labute approximate surface area is 361 Å². The van der Waals surface area contributed by atoms with Gasteiger partial charge in [0.15, 0.2) is 5.82 Å². The van der Waals surface area contributed by atoms with E-state index >= 15 is 0 Å². The van der Waals surface area contributed by atoms with Crippen molar-refractivity contribution in [2.45, 2.75) is 12.3 Å². The molecule has 1 aliphatic heterocycles. The molecular weight excluding hydrogens is 753 g/mol. The minimum atomic E-state index is 0.343. The normalized spacial score (nSPS) is 14.2. The Balaban J connectivity index is 0.917. The van der Waals surface area contributed by atoms with Crippen molar-refractivity contribution in [1.29, 1.82) is 0 Å². The fourth-order valence-electron chi connectivity index (χ4n) is 9.49. The zero-order valence-electron chi connectivity index (χ0n) is 33.9. The number of benzene rings is 8. The molecule has 0 bridgehead atoms. The van der Waals surface area contributed by atoms with Crippen LogP contribution in [0.15, 0.2) is 230 Å². The summed E-state index contributed by atoms with van der Waals surface area (Å²) in [5.74, 6) is 1.06. The number of hydrogen-bond donors (Lipinski definition) is 0. The number of fused-ring (bicyclic) bond motifs is 6. The molecule has 0 radical (unpaired) electrons. The molecule has 0 spiro atoms. The van der Waals surface area contributed by atoms with E-state index in [1.165, 1.54) is 66.7 Å². The van der Waals surface area contributed by atoms with Gasteiger partial charge in [-0.2, -0.15) is 0 Å². The molecule has 0 fully saturated rings. The van der Waals surface area contributed by atoms with Gasteiger partial charge in [-0.25, -0.2) is 9.97 Å².